The van der Waals surface area contributed by atoms with Crippen molar-refractivity contribution < 1.29 is 19.3 Å². The summed E-state index contributed by atoms with van der Waals surface area (Å²) in [6.45, 7) is 4.98. The molecule has 0 aliphatic carbocycles. The Morgan fingerprint density at radius 2 is 1.70 bits per heavy atom. The van der Waals surface area contributed by atoms with Crippen LogP contribution in [0.3, 0.4) is 0 Å². The summed E-state index contributed by atoms with van der Waals surface area (Å²) >= 11 is 0. The molecule has 2 N–H and O–H groups in total. The number of phenols is 1. The van der Waals surface area contributed by atoms with Crippen molar-refractivity contribution in [2.24, 2.45) is 4.99 Å². The zero-order chi connectivity index (χ0) is 23.2. The third-order valence-electron chi connectivity index (χ3n) is 5.66. The van der Waals surface area contributed by atoms with Gasteiger partial charge in [0.2, 0.25) is 0 Å². The van der Waals surface area contributed by atoms with E-state index in [2.05, 4.69) is 5.32 Å². The molecule has 3 aromatic carbocycles. The van der Waals surface area contributed by atoms with Crippen LogP contribution in [-0.4, -0.2) is 31.1 Å². The van der Waals surface area contributed by atoms with Crippen molar-refractivity contribution in [1.82, 2.24) is 5.32 Å². The molecule has 0 amide bonds. The lowest BCUT2D eigenvalue weighted by molar-refractivity contribution is 0.313. The van der Waals surface area contributed by atoms with E-state index in [1.807, 2.05) is 74.5 Å². The topological polar surface area (TPSA) is 72.3 Å². The summed E-state index contributed by atoms with van der Waals surface area (Å²) in [5.41, 5.74) is 3.75. The highest BCUT2D eigenvalue weighted by molar-refractivity contribution is 6.01. The summed E-state index contributed by atoms with van der Waals surface area (Å²) in [7, 11) is 1.65. The Hall–Kier alpha value is -3.51. The van der Waals surface area contributed by atoms with Gasteiger partial charge in [0, 0.05) is 23.7 Å². The molecule has 1 heterocycles. The predicted molar refractivity (Wildman–Crippen MR) is 130 cm³/mol. The van der Waals surface area contributed by atoms with Crippen LogP contribution in [0.4, 0.5) is 0 Å². The Kier molecular flexibility index (Phi) is 7.15. The van der Waals surface area contributed by atoms with Gasteiger partial charge in [-0.3, -0.25) is 10.3 Å². The van der Waals surface area contributed by atoms with Gasteiger partial charge in [-0.1, -0.05) is 24.3 Å². The van der Waals surface area contributed by atoms with Gasteiger partial charge >= 0.3 is 0 Å². The summed E-state index contributed by atoms with van der Waals surface area (Å²) in [5, 5.41) is 14.5. The molecule has 2 atom stereocenters. The number of nitrogens with one attached hydrogen (secondary N) is 1. The molecule has 0 saturated carbocycles. The second-order valence-corrected chi connectivity index (χ2v) is 7.76. The van der Waals surface area contributed by atoms with Gasteiger partial charge in [-0.15, -0.1) is 0 Å². The summed E-state index contributed by atoms with van der Waals surface area (Å²) in [4.78, 5) is 5.03. The number of methoxy groups -OCH3 is 1. The van der Waals surface area contributed by atoms with E-state index in [4.69, 9.17) is 19.2 Å². The molecule has 6 nitrogen and oxygen atoms in total. The molecule has 1 aliphatic rings. The third-order valence-corrected chi connectivity index (χ3v) is 5.66. The molecule has 172 valence electrons. The van der Waals surface area contributed by atoms with E-state index >= 15 is 0 Å². The molecule has 0 saturated heterocycles. The molecule has 0 aromatic heterocycles. The molecule has 0 fully saturated rings. The maximum atomic E-state index is 10.9. The van der Waals surface area contributed by atoms with E-state index in [-0.39, 0.29) is 18.0 Å². The Morgan fingerprint density at radius 1 is 0.939 bits per heavy atom. The molecular formula is C27H30N2O4. The second-order valence-electron chi connectivity index (χ2n) is 7.76. The zero-order valence-electron chi connectivity index (χ0n) is 19.2. The maximum absolute atomic E-state index is 10.9. The normalized spacial score (nSPS) is 17.8. The molecule has 6 heteroatoms. The van der Waals surface area contributed by atoms with Crippen molar-refractivity contribution in [3.63, 3.8) is 0 Å². The van der Waals surface area contributed by atoms with Gasteiger partial charge in [0.05, 0.1) is 20.3 Å². The van der Waals surface area contributed by atoms with E-state index in [1.54, 1.807) is 13.2 Å². The Balaban J connectivity index is 1.73. The predicted octanol–water partition coefficient (Wildman–Crippen LogP) is 5.42. The van der Waals surface area contributed by atoms with Crippen LogP contribution in [0.1, 0.15) is 49.2 Å². The number of aliphatic imine (C=N–C) groups is 1. The van der Waals surface area contributed by atoms with Crippen molar-refractivity contribution in [2.75, 3.05) is 20.3 Å². The molecule has 0 bridgehead atoms. The molecule has 4 rings (SSSR count). The second kappa shape index (κ2) is 10.4. The van der Waals surface area contributed by atoms with Crippen molar-refractivity contribution >= 4 is 5.71 Å². The molecule has 1 aliphatic heterocycles. The lowest BCUT2D eigenvalue weighted by Crippen LogP contribution is -2.33. The van der Waals surface area contributed by atoms with Crippen molar-refractivity contribution in [3.8, 4) is 23.0 Å². The smallest absolute Gasteiger partial charge is 0.162 e. The molecule has 0 spiro atoms. The first kappa shape index (κ1) is 22.7. The Bertz CT molecular complexity index is 1110. The summed E-state index contributed by atoms with van der Waals surface area (Å²) in [5.74, 6) is 2.25. The molecule has 0 radical (unpaired) electrons. The first-order valence-electron chi connectivity index (χ1n) is 11.3. The van der Waals surface area contributed by atoms with Crippen LogP contribution < -0.4 is 19.5 Å². The first-order valence-corrected chi connectivity index (χ1v) is 11.3. The van der Waals surface area contributed by atoms with Crippen molar-refractivity contribution in [1.29, 1.82) is 0 Å². The fourth-order valence-corrected chi connectivity index (χ4v) is 4.07. The Labute approximate surface area is 194 Å². The van der Waals surface area contributed by atoms with E-state index < -0.39 is 0 Å². The summed E-state index contributed by atoms with van der Waals surface area (Å²) in [6.07, 6.45) is 0.327. The minimum atomic E-state index is -0.296. The quantitative estimate of drug-likeness (QED) is 0.483. The monoisotopic (exact) mass is 446 g/mol. The van der Waals surface area contributed by atoms with Gasteiger partial charge in [0.25, 0.3) is 0 Å². The van der Waals surface area contributed by atoms with Crippen LogP contribution in [0, 0.1) is 0 Å². The van der Waals surface area contributed by atoms with Crippen LogP contribution in [0.5, 0.6) is 23.0 Å². The highest BCUT2D eigenvalue weighted by Crippen LogP contribution is 2.39. The fourth-order valence-electron chi connectivity index (χ4n) is 4.07. The highest BCUT2D eigenvalue weighted by Gasteiger charge is 2.28. The van der Waals surface area contributed by atoms with E-state index in [0.29, 0.717) is 25.4 Å². The lowest BCUT2D eigenvalue weighted by Gasteiger charge is -2.31. The largest absolute Gasteiger partial charge is 0.504 e. The number of para-hydroxylation sites is 1. The summed E-state index contributed by atoms with van der Waals surface area (Å²) < 4.78 is 16.6. The first-order chi connectivity index (χ1) is 16.1. The lowest BCUT2D eigenvalue weighted by atomic mass is 9.93. The number of ether oxygens (including phenoxy) is 3. The van der Waals surface area contributed by atoms with Crippen LogP contribution in [-0.2, 0) is 0 Å². The maximum Gasteiger partial charge on any atom is 0.162 e. The van der Waals surface area contributed by atoms with E-state index in [9.17, 15) is 5.11 Å². The Morgan fingerprint density at radius 3 is 2.42 bits per heavy atom. The molecule has 0 unspecified atom stereocenters. The SMILES string of the molecule is CCOc1ccc(C2=N[C@H](c3cccc(OC)c3)N[C@H](c3cccc(OCC)c3O)C2)cc1. The standard InChI is InChI=1S/C27H30N2O4/c1-4-32-20-14-12-18(13-15-20)23-17-24(22-10-7-11-25(26(22)30)33-5-2)29-27(28-23)19-8-6-9-21(16-19)31-3/h6-16,24,27,29-30H,4-5,17H2,1-3H3/t24-,27-/m0/s1. The van der Waals surface area contributed by atoms with Crippen molar-refractivity contribution in [3.05, 3.63) is 83.4 Å². The fraction of sp³-hybridized carbons (Fsp3) is 0.296. The minimum absolute atomic E-state index is 0.152. The average Bonchev–Trinajstić information content (AvgIpc) is 2.86. The number of nitrogens with zero attached hydrogens (tertiary/aromatic N) is 1. The van der Waals surface area contributed by atoms with Gasteiger partial charge in [0.15, 0.2) is 11.5 Å². The van der Waals surface area contributed by atoms with Gasteiger partial charge in [-0.25, -0.2) is 0 Å². The van der Waals surface area contributed by atoms with Crippen LogP contribution in [0.2, 0.25) is 0 Å². The number of aromatic hydroxyl groups is 1. The average molecular weight is 447 g/mol. The zero-order valence-corrected chi connectivity index (χ0v) is 19.2. The molecule has 3 aromatic rings. The van der Waals surface area contributed by atoms with Crippen LogP contribution in [0.15, 0.2) is 71.7 Å². The summed E-state index contributed by atoms with van der Waals surface area (Å²) in [6, 6.07) is 21.3. The molecular weight excluding hydrogens is 416 g/mol. The van der Waals surface area contributed by atoms with Gasteiger partial charge in [-0.2, -0.15) is 0 Å². The number of hydrogen-bond donors (Lipinski definition) is 2. The van der Waals surface area contributed by atoms with Gasteiger partial charge in [-0.05, 0) is 67.4 Å². The third kappa shape index (κ3) is 5.12. The number of benzene rings is 3. The highest BCUT2D eigenvalue weighted by atomic mass is 16.5. The van der Waals surface area contributed by atoms with Crippen LogP contribution in [0.25, 0.3) is 0 Å². The number of hydrogen-bond acceptors (Lipinski definition) is 6. The molecule has 33 heavy (non-hydrogen) atoms. The van der Waals surface area contributed by atoms with Crippen molar-refractivity contribution in [2.45, 2.75) is 32.5 Å². The minimum Gasteiger partial charge on any atom is -0.504 e. The number of phenolic OH excluding ortho intramolecular Hbond substituents is 1. The van der Waals surface area contributed by atoms with Crippen LogP contribution >= 0.6 is 0 Å². The number of rotatable bonds is 8. The van der Waals surface area contributed by atoms with Gasteiger partial charge in [0.1, 0.15) is 17.7 Å². The van der Waals surface area contributed by atoms with E-state index in [1.165, 1.54) is 0 Å². The van der Waals surface area contributed by atoms with Gasteiger partial charge < -0.3 is 19.3 Å². The van der Waals surface area contributed by atoms with E-state index in [0.717, 1.165) is 33.9 Å².